The summed E-state index contributed by atoms with van der Waals surface area (Å²) < 4.78 is 0. The average Bonchev–Trinajstić information content (AvgIpc) is 3.06. The highest BCUT2D eigenvalue weighted by molar-refractivity contribution is 5.91. The van der Waals surface area contributed by atoms with Crippen molar-refractivity contribution in [2.75, 3.05) is 23.3 Å². The number of aromatic amines is 1. The van der Waals surface area contributed by atoms with E-state index in [1.807, 2.05) is 24.5 Å². The summed E-state index contributed by atoms with van der Waals surface area (Å²) in [6, 6.07) is 12.8. The first-order valence-electron chi connectivity index (χ1n) is 7.94. The zero-order valence-corrected chi connectivity index (χ0v) is 12.5. The number of pyridine rings is 1. The summed E-state index contributed by atoms with van der Waals surface area (Å²) >= 11 is 0. The lowest BCUT2D eigenvalue weighted by molar-refractivity contribution is 0.578. The van der Waals surface area contributed by atoms with Crippen LogP contribution in [0.25, 0.3) is 11.0 Å². The fraction of sp³-hybridized carbons (Fsp3) is 0.278. The Hall–Kier alpha value is -2.49. The van der Waals surface area contributed by atoms with E-state index in [-0.39, 0.29) is 0 Å². The minimum atomic E-state index is 0.912. The van der Waals surface area contributed by atoms with Gasteiger partial charge in [-0.3, -0.25) is 0 Å². The number of hydrogen-bond donors (Lipinski definition) is 2. The van der Waals surface area contributed by atoms with Crippen LogP contribution < -0.4 is 10.2 Å². The van der Waals surface area contributed by atoms with Gasteiger partial charge in [0.1, 0.15) is 5.65 Å². The van der Waals surface area contributed by atoms with Gasteiger partial charge in [0.2, 0.25) is 0 Å². The first-order valence-corrected chi connectivity index (χ1v) is 7.94. The van der Waals surface area contributed by atoms with Gasteiger partial charge in [-0.15, -0.1) is 0 Å². The number of fused-ring (bicyclic) bond motifs is 1. The normalized spacial score (nSPS) is 15.2. The van der Waals surface area contributed by atoms with E-state index >= 15 is 0 Å². The molecule has 4 rings (SSSR count). The van der Waals surface area contributed by atoms with E-state index < -0.39 is 0 Å². The molecular formula is C18H20N4. The van der Waals surface area contributed by atoms with Crippen molar-refractivity contribution >= 4 is 28.1 Å². The topological polar surface area (TPSA) is 44.0 Å². The summed E-state index contributed by atoms with van der Waals surface area (Å²) in [4.78, 5) is 9.93. The van der Waals surface area contributed by atoms with Crippen LogP contribution in [0.4, 0.5) is 17.1 Å². The molecular weight excluding hydrogens is 272 g/mol. The van der Waals surface area contributed by atoms with Gasteiger partial charge in [-0.2, -0.15) is 0 Å². The predicted octanol–water partition coefficient (Wildman–Crippen LogP) is 4.30. The molecule has 4 heteroatoms. The van der Waals surface area contributed by atoms with E-state index in [4.69, 9.17) is 0 Å². The monoisotopic (exact) mass is 292 g/mol. The lowest BCUT2D eigenvalue weighted by Crippen LogP contribution is -2.29. The van der Waals surface area contributed by atoms with Gasteiger partial charge in [-0.05, 0) is 55.7 Å². The SMILES string of the molecule is c1cc(Nc2ccc(N3CCCCC3)cc2)c2cc[nH]c2n1. The minimum Gasteiger partial charge on any atom is -0.372 e. The third-order valence-electron chi connectivity index (χ3n) is 4.33. The molecule has 0 radical (unpaired) electrons. The third kappa shape index (κ3) is 2.52. The number of piperidine rings is 1. The minimum absolute atomic E-state index is 0.912. The molecule has 2 aromatic heterocycles. The van der Waals surface area contributed by atoms with Crippen LogP contribution in [0, 0.1) is 0 Å². The number of anilines is 3. The van der Waals surface area contributed by atoms with Crippen LogP contribution in [-0.2, 0) is 0 Å². The maximum Gasteiger partial charge on any atom is 0.139 e. The highest BCUT2D eigenvalue weighted by atomic mass is 15.1. The molecule has 3 heterocycles. The van der Waals surface area contributed by atoms with Gasteiger partial charge in [0.05, 0.1) is 5.69 Å². The number of hydrogen-bond acceptors (Lipinski definition) is 3. The Morgan fingerprint density at radius 1 is 0.955 bits per heavy atom. The van der Waals surface area contributed by atoms with Crippen LogP contribution in [0.1, 0.15) is 19.3 Å². The molecule has 22 heavy (non-hydrogen) atoms. The van der Waals surface area contributed by atoms with Gasteiger partial charge in [-0.1, -0.05) is 0 Å². The summed E-state index contributed by atoms with van der Waals surface area (Å²) in [5.41, 5.74) is 4.42. The molecule has 3 aromatic rings. The quantitative estimate of drug-likeness (QED) is 0.756. The van der Waals surface area contributed by atoms with E-state index in [9.17, 15) is 0 Å². The second kappa shape index (κ2) is 5.72. The van der Waals surface area contributed by atoms with Gasteiger partial charge >= 0.3 is 0 Å². The predicted molar refractivity (Wildman–Crippen MR) is 91.9 cm³/mol. The van der Waals surface area contributed by atoms with Crippen molar-refractivity contribution in [2.24, 2.45) is 0 Å². The highest BCUT2D eigenvalue weighted by Gasteiger charge is 2.10. The Kier molecular flexibility index (Phi) is 3.43. The van der Waals surface area contributed by atoms with Crippen LogP contribution in [-0.4, -0.2) is 23.1 Å². The fourth-order valence-corrected chi connectivity index (χ4v) is 3.13. The number of rotatable bonds is 3. The lowest BCUT2D eigenvalue weighted by Gasteiger charge is -2.28. The molecule has 1 aliphatic heterocycles. The van der Waals surface area contributed by atoms with Crippen molar-refractivity contribution in [1.29, 1.82) is 0 Å². The molecule has 0 atom stereocenters. The largest absolute Gasteiger partial charge is 0.372 e. The Bertz CT molecular complexity index is 754. The maximum absolute atomic E-state index is 4.32. The van der Waals surface area contributed by atoms with Gasteiger partial charge < -0.3 is 15.2 Å². The summed E-state index contributed by atoms with van der Waals surface area (Å²) in [6.07, 6.45) is 7.72. The van der Waals surface area contributed by atoms with E-state index in [1.165, 1.54) is 38.0 Å². The van der Waals surface area contributed by atoms with Crippen molar-refractivity contribution in [3.8, 4) is 0 Å². The van der Waals surface area contributed by atoms with Crippen molar-refractivity contribution in [1.82, 2.24) is 9.97 Å². The van der Waals surface area contributed by atoms with E-state index in [0.29, 0.717) is 0 Å². The molecule has 0 bridgehead atoms. The molecule has 0 unspecified atom stereocenters. The van der Waals surface area contributed by atoms with E-state index in [1.54, 1.807) is 0 Å². The third-order valence-corrected chi connectivity index (χ3v) is 4.33. The molecule has 1 aliphatic rings. The molecule has 4 nitrogen and oxygen atoms in total. The Morgan fingerprint density at radius 3 is 2.59 bits per heavy atom. The summed E-state index contributed by atoms with van der Waals surface area (Å²) in [5.74, 6) is 0. The standard InChI is InChI=1S/C18H20N4/c1-2-12-22(13-3-1)15-6-4-14(5-7-15)21-17-9-11-20-18-16(17)8-10-19-18/h4-11H,1-3,12-13H2,(H2,19,20,21). The van der Waals surface area contributed by atoms with Crippen LogP contribution >= 0.6 is 0 Å². The van der Waals surface area contributed by atoms with Crippen molar-refractivity contribution in [2.45, 2.75) is 19.3 Å². The molecule has 0 aliphatic carbocycles. The second-order valence-corrected chi connectivity index (χ2v) is 5.82. The van der Waals surface area contributed by atoms with Gasteiger partial charge in [0.25, 0.3) is 0 Å². The second-order valence-electron chi connectivity index (χ2n) is 5.82. The molecule has 0 amide bonds. The zero-order valence-electron chi connectivity index (χ0n) is 12.5. The Balaban J connectivity index is 1.54. The number of H-pyrrole nitrogens is 1. The number of aromatic nitrogens is 2. The van der Waals surface area contributed by atoms with Crippen LogP contribution in [0.5, 0.6) is 0 Å². The highest BCUT2D eigenvalue weighted by Crippen LogP contribution is 2.26. The lowest BCUT2D eigenvalue weighted by atomic mass is 10.1. The van der Waals surface area contributed by atoms with Crippen LogP contribution in [0.2, 0.25) is 0 Å². The Labute approximate surface area is 130 Å². The maximum atomic E-state index is 4.32. The molecule has 112 valence electrons. The fourth-order valence-electron chi connectivity index (χ4n) is 3.13. The Morgan fingerprint density at radius 2 is 1.77 bits per heavy atom. The molecule has 1 fully saturated rings. The van der Waals surface area contributed by atoms with Crippen LogP contribution in [0.15, 0.2) is 48.8 Å². The van der Waals surface area contributed by atoms with Crippen LogP contribution in [0.3, 0.4) is 0 Å². The first kappa shape index (κ1) is 13.2. The molecule has 0 spiro atoms. The van der Waals surface area contributed by atoms with Crippen molar-refractivity contribution < 1.29 is 0 Å². The van der Waals surface area contributed by atoms with Gasteiger partial charge in [0.15, 0.2) is 0 Å². The zero-order chi connectivity index (χ0) is 14.8. The molecule has 2 N–H and O–H groups in total. The molecule has 0 saturated carbocycles. The number of nitrogens with zero attached hydrogens (tertiary/aromatic N) is 2. The summed E-state index contributed by atoms with van der Waals surface area (Å²) in [6.45, 7) is 2.36. The summed E-state index contributed by atoms with van der Waals surface area (Å²) in [7, 11) is 0. The van der Waals surface area contributed by atoms with Crippen molar-refractivity contribution in [3.05, 3.63) is 48.8 Å². The molecule has 1 aromatic carbocycles. The summed E-state index contributed by atoms with van der Waals surface area (Å²) in [5, 5.41) is 4.60. The average molecular weight is 292 g/mol. The number of benzene rings is 1. The van der Waals surface area contributed by atoms with E-state index in [2.05, 4.69) is 44.5 Å². The first-order chi connectivity index (χ1) is 10.9. The number of nitrogens with one attached hydrogen (secondary N) is 2. The van der Waals surface area contributed by atoms with Gasteiger partial charge in [0, 0.05) is 42.2 Å². The smallest absolute Gasteiger partial charge is 0.139 e. The van der Waals surface area contributed by atoms with Crippen molar-refractivity contribution in [3.63, 3.8) is 0 Å². The molecule has 1 saturated heterocycles. The van der Waals surface area contributed by atoms with E-state index in [0.717, 1.165) is 22.4 Å². The van der Waals surface area contributed by atoms with Gasteiger partial charge in [-0.25, -0.2) is 4.98 Å².